The molecule has 1 rings (SSSR count). The zero-order valence-electron chi connectivity index (χ0n) is 13.8. The van der Waals surface area contributed by atoms with Gasteiger partial charge in [-0.2, -0.15) is 0 Å². The van der Waals surface area contributed by atoms with Crippen molar-refractivity contribution in [1.29, 1.82) is 0 Å². The van der Waals surface area contributed by atoms with Crippen LogP contribution in [0.25, 0.3) is 0 Å². The molecule has 1 aliphatic heterocycles. The fraction of sp³-hybridized carbons (Fsp3) is 0.857. The normalized spacial score (nSPS) is 19.3. The Labute approximate surface area is 126 Å². The summed E-state index contributed by atoms with van der Waals surface area (Å²) in [5.74, 6) is 0.442. The van der Waals surface area contributed by atoms with Gasteiger partial charge in [-0.1, -0.05) is 19.0 Å². The molecule has 0 aliphatic carbocycles. The first-order chi connectivity index (χ1) is 9.56. The van der Waals surface area contributed by atoms with Gasteiger partial charge >= 0.3 is 6.09 Å². The van der Waals surface area contributed by atoms with Gasteiger partial charge in [0, 0.05) is 20.1 Å². The molecule has 3 N–H and O–H groups in total. The summed E-state index contributed by atoms with van der Waals surface area (Å²) in [6.07, 6.45) is -0.322. The van der Waals surface area contributed by atoms with E-state index in [0.29, 0.717) is 13.1 Å². The van der Waals surface area contributed by atoms with Crippen molar-refractivity contribution in [3.8, 4) is 0 Å². The molecule has 1 saturated heterocycles. The molecule has 1 aliphatic rings. The number of carbonyl (C=O) groups excluding carboxylic acids is 1. The first-order valence-electron chi connectivity index (χ1n) is 7.24. The van der Waals surface area contributed by atoms with E-state index in [1.807, 2.05) is 34.6 Å². The highest BCUT2D eigenvalue weighted by atomic mass is 16.6. The van der Waals surface area contributed by atoms with Crippen LogP contribution in [0.5, 0.6) is 0 Å². The van der Waals surface area contributed by atoms with Crippen LogP contribution in [0.1, 0.15) is 34.6 Å². The molecule has 0 radical (unpaired) electrons. The minimum Gasteiger partial charge on any atom is -0.444 e. The SMILES string of the molecule is CC(C)[C@@H](C(N)=NO)N1CC(N(C)C(=O)OC(C)(C)C)C1. The Hall–Kier alpha value is -1.50. The van der Waals surface area contributed by atoms with Gasteiger partial charge in [0.1, 0.15) is 5.60 Å². The monoisotopic (exact) mass is 300 g/mol. The molecule has 1 fully saturated rings. The zero-order valence-corrected chi connectivity index (χ0v) is 13.8. The molecule has 0 spiro atoms. The molecular formula is C14H28N4O3. The van der Waals surface area contributed by atoms with E-state index in [1.165, 1.54) is 0 Å². The predicted molar refractivity (Wildman–Crippen MR) is 81.4 cm³/mol. The van der Waals surface area contributed by atoms with E-state index in [1.54, 1.807) is 11.9 Å². The Kier molecular flexibility index (Phi) is 5.44. The molecule has 1 atom stereocenters. The van der Waals surface area contributed by atoms with Crippen molar-refractivity contribution in [3.63, 3.8) is 0 Å². The van der Waals surface area contributed by atoms with Gasteiger partial charge < -0.3 is 20.6 Å². The van der Waals surface area contributed by atoms with Gasteiger partial charge in [-0.05, 0) is 26.7 Å². The molecular weight excluding hydrogens is 272 g/mol. The van der Waals surface area contributed by atoms with Gasteiger partial charge in [0.25, 0.3) is 0 Å². The molecule has 0 aromatic rings. The molecule has 1 heterocycles. The standard InChI is InChI=1S/C14H28N4O3/c1-9(2)11(12(15)16-20)18-7-10(8-18)17(6)13(19)21-14(3,4)5/h9-11,20H,7-8H2,1-6H3,(H2,15,16)/t11-/m0/s1. The van der Waals surface area contributed by atoms with Crippen LogP contribution in [0.15, 0.2) is 5.16 Å². The summed E-state index contributed by atoms with van der Waals surface area (Å²) in [5.41, 5.74) is 5.25. The van der Waals surface area contributed by atoms with Crippen LogP contribution in [0.2, 0.25) is 0 Å². The summed E-state index contributed by atoms with van der Waals surface area (Å²) in [6.45, 7) is 11.0. The second-order valence-corrected chi connectivity index (χ2v) is 6.91. The quantitative estimate of drug-likeness (QED) is 0.353. The van der Waals surface area contributed by atoms with E-state index >= 15 is 0 Å². The van der Waals surface area contributed by atoms with Crippen LogP contribution in [0.4, 0.5) is 4.79 Å². The van der Waals surface area contributed by atoms with Crippen LogP contribution in [0.3, 0.4) is 0 Å². The number of likely N-dealkylation sites (N-methyl/N-ethyl adjacent to an activating group) is 1. The lowest BCUT2D eigenvalue weighted by molar-refractivity contribution is -0.0127. The maximum atomic E-state index is 12.0. The lowest BCUT2D eigenvalue weighted by atomic mass is 9.95. The molecule has 0 unspecified atom stereocenters. The fourth-order valence-corrected chi connectivity index (χ4v) is 2.45. The molecule has 1 amide bonds. The van der Waals surface area contributed by atoms with E-state index in [-0.39, 0.29) is 29.9 Å². The van der Waals surface area contributed by atoms with Gasteiger partial charge in [0.2, 0.25) is 0 Å². The number of carbonyl (C=O) groups is 1. The van der Waals surface area contributed by atoms with E-state index < -0.39 is 5.60 Å². The highest BCUT2D eigenvalue weighted by Gasteiger charge is 2.40. The Morgan fingerprint density at radius 2 is 1.95 bits per heavy atom. The number of ether oxygens (including phenoxy) is 1. The number of oxime groups is 1. The third kappa shape index (κ3) is 4.49. The van der Waals surface area contributed by atoms with Crippen LogP contribution in [-0.2, 0) is 4.74 Å². The highest BCUT2D eigenvalue weighted by Crippen LogP contribution is 2.22. The summed E-state index contributed by atoms with van der Waals surface area (Å²) in [4.78, 5) is 15.7. The maximum absolute atomic E-state index is 12.0. The fourth-order valence-electron chi connectivity index (χ4n) is 2.45. The smallest absolute Gasteiger partial charge is 0.410 e. The molecule has 0 aromatic carbocycles. The van der Waals surface area contributed by atoms with Gasteiger partial charge in [0.05, 0.1) is 12.1 Å². The molecule has 0 aromatic heterocycles. The number of rotatable bonds is 4. The summed E-state index contributed by atoms with van der Waals surface area (Å²) in [7, 11) is 1.74. The van der Waals surface area contributed by atoms with Crippen LogP contribution < -0.4 is 5.73 Å². The lowest BCUT2D eigenvalue weighted by Crippen LogP contribution is -2.65. The van der Waals surface area contributed by atoms with Crippen molar-refractivity contribution in [2.45, 2.75) is 52.3 Å². The Bertz CT molecular complexity index is 398. The summed E-state index contributed by atoms with van der Waals surface area (Å²) in [5, 5.41) is 12.0. The molecule has 0 saturated carbocycles. The van der Waals surface area contributed by atoms with Crippen molar-refractivity contribution >= 4 is 11.9 Å². The highest BCUT2D eigenvalue weighted by molar-refractivity contribution is 5.85. The third-order valence-electron chi connectivity index (χ3n) is 3.56. The molecule has 7 heteroatoms. The Morgan fingerprint density at radius 3 is 2.33 bits per heavy atom. The van der Waals surface area contributed by atoms with Crippen molar-refractivity contribution in [2.24, 2.45) is 16.8 Å². The number of hydrogen-bond acceptors (Lipinski definition) is 5. The van der Waals surface area contributed by atoms with E-state index in [0.717, 1.165) is 0 Å². The minimum absolute atomic E-state index is 0.0904. The Balaban J connectivity index is 2.57. The average Bonchev–Trinajstić information content (AvgIpc) is 2.28. The van der Waals surface area contributed by atoms with Gasteiger partial charge in [-0.15, -0.1) is 0 Å². The first kappa shape index (κ1) is 17.6. The number of nitrogens with two attached hydrogens (primary N) is 1. The summed E-state index contributed by atoms with van der Waals surface area (Å²) < 4.78 is 5.35. The zero-order chi connectivity index (χ0) is 16.4. The van der Waals surface area contributed by atoms with Crippen molar-refractivity contribution in [3.05, 3.63) is 0 Å². The van der Waals surface area contributed by atoms with Gasteiger partial charge in [0.15, 0.2) is 5.84 Å². The van der Waals surface area contributed by atoms with Crippen molar-refractivity contribution in [2.75, 3.05) is 20.1 Å². The molecule has 7 nitrogen and oxygen atoms in total. The third-order valence-corrected chi connectivity index (χ3v) is 3.56. The summed E-state index contributed by atoms with van der Waals surface area (Å²) in [6, 6.07) is -0.0223. The van der Waals surface area contributed by atoms with Crippen LogP contribution in [-0.4, -0.2) is 64.8 Å². The van der Waals surface area contributed by atoms with E-state index in [9.17, 15) is 4.79 Å². The molecule has 21 heavy (non-hydrogen) atoms. The molecule has 122 valence electrons. The number of hydrogen-bond donors (Lipinski definition) is 2. The van der Waals surface area contributed by atoms with Gasteiger partial charge in [-0.25, -0.2) is 4.79 Å². The largest absolute Gasteiger partial charge is 0.444 e. The maximum Gasteiger partial charge on any atom is 0.410 e. The minimum atomic E-state index is -0.497. The lowest BCUT2D eigenvalue weighted by Gasteiger charge is -2.48. The van der Waals surface area contributed by atoms with Crippen molar-refractivity contribution < 1.29 is 14.7 Å². The van der Waals surface area contributed by atoms with Crippen LogP contribution >= 0.6 is 0 Å². The number of nitrogens with zero attached hydrogens (tertiary/aromatic N) is 3. The number of likely N-dealkylation sites (tertiary alicyclic amines) is 1. The predicted octanol–water partition coefficient (Wildman–Crippen LogP) is 1.31. The second-order valence-electron chi connectivity index (χ2n) is 6.91. The second kappa shape index (κ2) is 6.51. The first-order valence-corrected chi connectivity index (χ1v) is 7.24. The van der Waals surface area contributed by atoms with E-state index in [2.05, 4.69) is 10.1 Å². The van der Waals surface area contributed by atoms with Crippen molar-refractivity contribution in [1.82, 2.24) is 9.80 Å². The topological polar surface area (TPSA) is 91.4 Å². The van der Waals surface area contributed by atoms with E-state index in [4.69, 9.17) is 15.7 Å². The number of amides is 1. The summed E-state index contributed by atoms with van der Waals surface area (Å²) >= 11 is 0. The number of amidine groups is 1. The average molecular weight is 300 g/mol. The van der Waals surface area contributed by atoms with Crippen LogP contribution in [0, 0.1) is 5.92 Å². The molecule has 0 bridgehead atoms. The van der Waals surface area contributed by atoms with Gasteiger partial charge in [-0.3, -0.25) is 4.90 Å². The Morgan fingerprint density at radius 1 is 1.43 bits per heavy atom.